The SMILES string of the molecule is CC(C=C/C=C(/C)C=CC1=C(C)CC(O)CC1(C)C)=CC=O. The van der Waals surface area contributed by atoms with Crippen molar-refractivity contribution in [3.05, 3.63) is 58.7 Å². The second-order valence-electron chi connectivity index (χ2n) is 6.79. The molecular weight excluding hydrogens is 272 g/mol. The van der Waals surface area contributed by atoms with E-state index >= 15 is 0 Å². The first-order chi connectivity index (χ1) is 10.3. The normalized spacial score (nSPS) is 23.6. The molecule has 22 heavy (non-hydrogen) atoms. The third-order valence-electron chi connectivity index (χ3n) is 4.04. The largest absolute Gasteiger partial charge is 0.393 e. The van der Waals surface area contributed by atoms with E-state index < -0.39 is 0 Å². The van der Waals surface area contributed by atoms with E-state index in [2.05, 4.69) is 39.8 Å². The summed E-state index contributed by atoms with van der Waals surface area (Å²) < 4.78 is 0. The number of aldehydes is 1. The van der Waals surface area contributed by atoms with Crippen molar-refractivity contribution in [3.63, 3.8) is 0 Å². The first-order valence-corrected chi connectivity index (χ1v) is 7.79. The monoisotopic (exact) mass is 300 g/mol. The van der Waals surface area contributed by atoms with E-state index in [-0.39, 0.29) is 11.5 Å². The Labute approximate surface area is 134 Å². The van der Waals surface area contributed by atoms with Crippen molar-refractivity contribution >= 4 is 6.29 Å². The van der Waals surface area contributed by atoms with Crippen molar-refractivity contribution in [1.29, 1.82) is 0 Å². The minimum atomic E-state index is -0.223. The van der Waals surface area contributed by atoms with Crippen LogP contribution in [0.3, 0.4) is 0 Å². The second-order valence-corrected chi connectivity index (χ2v) is 6.79. The number of carbonyl (C=O) groups is 1. The fourth-order valence-electron chi connectivity index (χ4n) is 2.96. The fraction of sp³-hybridized carbons (Fsp3) is 0.450. The summed E-state index contributed by atoms with van der Waals surface area (Å²) in [6.07, 6.45) is 13.9. The summed E-state index contributed by atoms with van der Waals surface area (Å²) in [7, 11) is 0. The Kier molecular flexibility index (Phi) is 6.76. The van der Waals surface area contributed by atoms with Gasteiger partial charge in [-0.25, -0.2) is 0 Å². The van der Waals surface area contributed by atoms with E-state index in [4.69, 9.17) is 0 Å². The number of carbonyl (C=O) groups excluding carboxylic acids is 1. The first-order valence-electron chi connectivity index (χ1n) is 7.79. The highest BCUT2D eigenvalue weighted by molar-refractivity contribution is 5.66. The zero-order valence-electron chi connectivity index (χ0n) is 14.4. The smallest absolute Gasteiger partial charge is 0.143 e. The number of aliphatic hydroxyl groups excluding tert-OH is 1. The van der Waals surface area contributed by atoms with Gasteiger partial charge in [-0.15, -0.1) is 0 Å². The van der Waals surface area contributed by atoms with E-state index in [1.807, 2.05) is 25.2 Å². The van der Waals surface area contributed by atoms with Crippen LogP contribution in [0.2, 0.25) is 0 Å². The van der Waals surface area contributed by atoms with Crippen LogP contribution in [0.25, 0.3) is 0 Å². The van der Waals surface area contributed by atoms with Gasteiger partial charge in [-0.1, -0.05) is 55.4 Å². The molecule has 0 fully saturated rings. The van der Waals surface area contributed by atoms with Crippen LogP contribution in [0.4, 0.5) is 0 Å². The maximum absolute atomic E-state index is 10.3. The number of aliphatic hydroxyl groups is 1. The summed E-state index contributed by atoms with van der Waals surface area (Å²) in [5.74, 6) is 0. The van der Waals surface area contributed by atoms with Crippen molar-refractivity contribution in [2.75, 3.05) is 0 Å². The lowest BCUT2D eigenvalue weighted by Gasteiger charge is -2.35. The average molecular weight is 300 g/mol. The summed E-state index contributed by atoms with van der Waals surface area (Å²) in [6.45, 7) is 10.4. The van der Waals surface area contributed by atoms with Gasteiger partial charge in [-0.2, -0.15) is 0 Å². The van der Waals surface area contributed by atoms with Gasteiger partial charge in [0.15, 0.2) is 0 Å². The van der Waals surface area contributed by atoms with Gasteiger partial charge in [-0.05, 0) is 56.3 Å². The van der Waals surface area contributed by atoms with Gasteiger partial charge in [0.2, 0.25) is 0 Å². The molecular formula is C20H28O2. The van der Waals surface area contributed by atoms with Crippen LogP contribution in [-0.2, 0) is 4.79 Å². The Morgan fingerprint density at radius 2 is 1.82 bits per heavy atom. The third kappa shape index (κ3) is 5.61. The second kappa shape index (κ2) is 8.09. The van der Waals surface area contributed by atoms with Gasteiger partial charge >= 0.3 is 0 Å². The quantitative estimate of drug-likeness (QED) is 0.454. The molecule has 1 aliphatic carbocycles. The minimum Gasteiger partial charge on any atom is -0.393 e. The molecule has 0 heterocycles. The molecule has 120 valence electrons. The zero-order valence-corrected chi connectivity index (χ0v) is 14.4. The lowest BCUT2D eigenvalue weighted by Crippen LogP contribution is -2.28. The highest BCUT2D eigenvalue weighted by Crippen LogP contribution is 2.40. The Morgan fingerprint density at radius 1 is 1.18 bits per heavy atom. The highest BCUT2D eigenvalue weighted by Gasteiger charge is 2.31. The molecule has 0 aromatic carbocycles. The molecule has 1 unspecified atom stereocenters. The van der Waals surface area contributed by atoms with E-state index in [1.165, 1.54) is 11.1 Å². The summed E-state index contributed by atoms with van der Waals surface area (Å²) in [5.41, 5.74) is 4.69. The van der Waals surface area contributed by atoms with Crippen LogP contribution in [0.1, 0.15) is 47.5 Å². The average Bonchev–Trinajstić information content (AvgIpc) is 2.36. The van der Waals surface area contributed by atoms with E-state index in [0.29, 0.717) is 0 Å². The minimum absolute atomic E-state index is 0.0116. The summed E-state index contributed by atoms with van der Waals surface area (Å²) in [4.78, 5) is 10.3. The van der Waals surface area contributed by atoms with E-state index in [1.54, 1.807) is 6.08 Å². The molecule has 0 aromatic rings. The maximum atomic E-state index is 10.3. The van der Waals surface area contributed by atoms with E-state index in [0.717, 1.165) is 30.3 Å². The number of allylic oxidation sites excluding steroid dienone is 9. The summed E-state index contributed by atoms with van der Waals surface area (Å²) in [5, 5.41) is 9.91. The molecule has 1 N–H and O–H groups in total. The molecule has 1 atom stereocenters. The molecule has 0 aliphatic heterocycles. The van der Waals surface area contributed by atoms with Crippen LogP contribution in [0, 0.1) is 5.41 Å². The van der Waals surface area contributed by atoms with Gasteiger partial charge in [0.25, 0.3) is 0 Å². The Hall–Kier alpha value is -1.67. The molecule has 0 amide bonds. The van der Waals surface area contributed by atoms with Crippen LogP contribution in [0.5, 0.6) is 0 Å². The standard InChI is InChI=1S/C20H28O2/c1-15(7-6-8-16(2)11-12-21)9-10-19-17(3)13-18(22)14-20(19,4)5/h6-12,18,22H,13-14H2,1-5H3/b8-6?,10-9?,15-7-,16-11?. The topological polar surface area (TPSA) is 37.3 Å². The molecule has 0 saturated carbocycles. The number of rotatable bonds is 5. The fourth-order valence-corrected chi connectivity index (χ4v) is 2.96. The Morgan fingerprint density at radius 3 is 2.41 bits per heavy atom. The third-order valence-corrected chi connectivity index (χ3v) is 4.04. The molecule has 2 nitrogen and oxygen atoms in total. The van der Waals surface area contributed by atoms with Gasteiger partial charge < -0.3 is 5.11 Å². The molecule has 0 radical (unpaired) electrons. The molecule has 1 rings (SSSR count). The maximum Gasteiger partial charge on any atom is 0.143 e. The van der Waals surface area contributed by atoms with Crippen molar-refractivity contribution in [2.24, 2.45) is 5.41 Å². The molecule has 0 spiro atoms. The van der Waals surface area contributed by atoms with Gasteiger partial charge in [0.1, 0.15) is 6.29 Å². The highest BCUT2D eigenvalue weighted by atomic mass is 16.3. The molecule has 0 bridgehead atoms. The summed E-state index contributed by atoms with van der Waals surface area (Å²) >= 11 is 0. The number of hydrogen-bond acceptors (Lipinski definition) is 2. The Bertz CT molecular complexity index is 554. The van der Waals surface area contributed by atoms with Gasteiger partial charge in [-0.3, -0.25) is 4.79 Å². The molecule has 2 heteroatoms. The Balaban J connectivity index is 2.84. The number of hydrogen-bond donors (Lipinski definition) is 1. The summed E-state index contributed by atoms with van der Waals surface area (Å²) in [6, 6.07) is 0. The lowest BCUT2D eigenvalue weighted by molar-refractivity contribution is -0.104. The zero-order chi connectivity index (χ0) is 16.8. The van der Waals surface area contributed by atoms with E-state index in [9.17, 15) is 9.90 Å². The molecule has 0 saturated heterocycles. The van der Waals surface area contributed by atoms with Crippen LogP contribution >= 0.6 is 0 Å². The first kappa shape index (κ1) is 18.4. The van der Waals surface area contributed by atoms with Crippen LogP contribution in [-0.4, -0.2) is 17.5 Å². The lowest BCUT2D eigenvalue weighted by atomic mass is 9.71. The van der Waals surface area contributed by atoms with Crippen molar-refractivity contribution < 1.29 is 9.90 Å². The van der Waals surface area contributed by atoms with Gasteiger partial charge in [0.05, 0.1) is 6.10 Å². The van der Waals surface area contributed by atoms with Gasteiger partial charge in [0, 0.05) is 0 Å². The predicted octanol–water partition coefficient (Wildman–Crippen LogP) is 4.69. The van der Waals surface area contributed by atoms with Crippen molar-refractivity contribution in [3.8, 4) is 0 Å². The van der Waals surface area contributed by atoms with Crippen LogP contribution in [0.15, 0.2) is 58.7 Å². The van der Waals surface area contributed by atoms with Crippen molar-refractivity contribution in [2.45, 2.75) is 53.6 Å². The van der Waals surface area contributed by atoms with Crippen molar-refractivity contribution in [1.82, 2.24) is 0 Å². The van der Waals surface area contributed by atoms with Crippen LogP contribution < -0.4 is 0 Å². The molecule has 1 aliphatic rings. The molecule has 0 aromatic heterocycles. The predicted molar refractivity (Wildman–Crippen MR) is 93.6 cm³/mol.